The average molecular weight is 194 g/mol. The third-order valence-electron chi connectivity index (χ3n) is 1.98. The standard InChI is InChI=1S/C9H10N2O3/c10-6-4-8-7(13-1-2-14-8)3-5(6)9(11)12/h3-4H,1-2,10H2,(H2,11,12). The molecule has 1 amide bonds. The second-order valence-corrected chi connectivity index (χ2v) is 2.95. The highest BCUT2D eigenvalue weighted by Crippen LogP contribution is 2.34. The van der Waals surface area contributed by atoms with Crippen LogP contribution < -0.4 is 20.9 Å². The zero-order chi connectivity index (χ0) is 10.1. The van der Waals surface area contributed by atoms with Crippen LogP contribution in [-0.2, 0) is 0 Å². The zero-order valence-corrected chi connectivity index (χ0v) is 7.45. The molecule has 0 aromatic heterocycles. The van der Waals surface area contributed by atoms with Crippen molar-refractivity contribution < 1.29 is 14.3 Å². The summed E-state index contributed by atoms with van der Waals surface area (Å²) in [6.07, 6.45) is 0. The first-order valence-electron chi connectivity index (χ1n) is 4.17. The van der Waals surface area contributed by atoms with Crippen molar-refractivity contribution in [3.05, 3.63) is 17.7 Å². The van der Waals surface area contributed by atoms with E-state index in [9.17, 15) is 4.79 Å². The second-order valence-electron chi connectivity index (χ2n) is 2.95. The van der Waals surface area contributed by atoms with Gasteiger partial charge < -0.3 is 20.9 Å². The Kier molecular flexibility index (Phi) is 1.92. The molecule has 0 radical (unpaired) electrons. The van der Waals surface area contributed by atoms with Gasteiger partial charge in [0.2, 0.25) is 0 Å². The van der Waals surface area contributed by atoms with Gasteiger partial charge in [-0.25, -0.2) is 0 Å². The first kappa shape index (κ1) is 8.68. The fraction of sp³-hybridized carbons (Fsp3) is 0.222. The fourth-order valence-corrected chi connectivity index (χ4v) is 1.32. The van der Waals surface area contributed by atoms with Crippen LogP contribution in [0.3, 0.4) is 0 Å². The molecule has 1 aromatic carbocycles. The number of hydrogen-bond acceptors (Lipinski definition) is 4. The number of carbonyl (C=O) groups excluding carboxylic acids is 1. The molecule has 2 rings (SSSR count). The van der Waals surface area contributed by atoms with Crippen LogP contribution in [-0.4, -0.2) is 19.1 Å². The molecular weight excluding hydrogens is 184 g/mol. The van der Waals surface area contributed by atoms with E-state index in [0.29, 0.717) is 30.4 Å². The topological polar surface area (TPSA) is 87.6 Å². The zero-order valence-electron chi connectivity index (χ0n) is 7.45. The van der Waals surface area contributed by atoms with Crippen molar-refractivity contribution in [3.63, 3.8) is 0 Å². The number of benzene rings is 1. The Balaban J connectivity index is 2.50. The van der Waals surface area contributed by atoms with Gasteiger partial charge in [-0.15, -0.1) is 0 Å². The Bertz CT molecular complexity index is 390. The van der Waals surface area contributed by atoms with E-state index in [2.05, 4.69) is 0 Å². The molecular formula is C9H10N2O3. The number of nitrogens with two attached hydrogens (primary N) is 2. The number of primary amides is 1. The molecule has 0 aliphatic carbocycles. The van der Waals surface area contributed by atoms with Gasteiger partial charge in [0.1, 0.15) is 13.2 Å². The number of nitrogen functional groups attached to an aromatic ring is 1. The maximum atomic E-state index is 11.0. The second kappa shape index (κ2) is 3.10. The number of carbonyl (C=O) groups is 1. The van der Waals surface area contributed by atoms with Crippen LogP contribution in [0.4, 0.5) is 5.69 Å². The SMILES string of the molecule is NC(=O)c1cc2c(cc1N)OCCO2. The monoisotopic (exact) mass is 194 g/mol. The van der Waals surface area contributed by atoms with Gasteiger partial charge in [-0.05, 0) is 6.07 Å². The highest BCUT2D eigenvalue weighted by atomic mass is 16.6. The lowest BCUT2D eigenvalue weighted by molar-refractivity contribution is 0.1000. The molecule has 14 heavy (non-hydrogen) atoms. The van der Waals surface area contributed by atoms with Gasteiger partial charge in [-0.2, -0.15) is 0 Å². The van der Waals surface area contributed by atoms with Crippen molar-refractivity contribution in [1.82, 2.24) is 0 Å². The summed E-state index contributed by atoms with van der Waals surface area (Å²) in [6.45, 7) is 0.956. The van der Waals surface area contributed by atoms with Crippen LogP contribution in [0.25, 0.3) is 0 Å². The summed E-state index contributed by atoms with van der Waals surface area (Å²) in [5.74, 6) is 0.498. The molecule has 74 valence electrons. The molecule has 5 nitrogen and oxygen atoms in total. The lowest BCUT2D eigenvalue weighted by Gasteiger charge is -2.19. The summed E-state index contributed by atoms with van der Waals surface area (Å²) in [4.78, 5) is 11.0. The van der Waals surface area contributed by atoms with E-state index in [-0.39, 0.29) is 5.56 Å². The van der Waals surface area contributed by atoms with Gasteiger partial charge in [-0.1, -0.05) is 0 Å². The molecule has 0 saturated heterocycles. The largest absolute Gasteiger partial charge is 0.486 e. The third-order valence-corrected chi connectivity index (χ3v) is 1.98. The number of amides is 1. The number of anilines is 1. The van der Waals surface area contributed by atoms with Crippen molar-refractivity contribution in [3.8, 4) is 11.5 Å². The van der Waals surface area contributed by atoms with Crippen LogP contribution in [0.15, 0.2) is 12.1 Å². The summed E-state index contributed by atoms with van der Waals surface area (Å²) in [5, 5.41) is 0. The minimum atomic E-state index is -0.570. The smallest absolute Gasteiger partial charge is 0.250 e. The molecule has 1 heterocycles. The van der Waals surface area contributed by atoms with Crippen molar-refractivity contribution in [2.45, 2.75) is 0 Å². The minimum absolute atomic E-state index is 0.259. The lowest BCUT2D eigenvalue weighted by atomic mass is 10.1. The Hall–Kier alpha value is -1.91. The van der Waals surface area contributed by atoms with E-state index >= 15 is 0 Å². The van der Waals surface area contributed by atoms with Crippen molar-refractivity contribution in [1.29, 1.82) is 0 Å². The highest BCUT2D eigenvalue weighted by Gasteiger charge is 2.16. The predicted octanol–water partition coefficient (Wildman–Crippen LogP) is 0.139. The molecule has 0 bridgehead atoms. The van der Waals surface area contributed by atoms with E-state index in [1.54, 1.807) is 6.07 Å². The summed E-state index contributed by atoms with van der Waals surface area (Å²) < 4.78 is 10.6. The molecule has 0 spiro atoms. The van der Waals surface area contributed by atoms with Gasteiger partial charge in [0.05, 0.1) is 5.56 Å². The Morgan fingerprint density at radius 1 is 1.21 bits per heavy atom. The van der Waals surface area contributed by atoms with Crippen molar-refractivity contribution in [2.75, 3.05) is 18.9 Å². The lowest BCUT2D eigenvalue weighted by Crippen LogP contribution is -2.18. The molecule has 0 atom stereocenters. The first-order chi connectivity index (χ1) is 6.68. The van der Waals surface area contributed by atoms with Crippen LogP contribution in [0.5, 0.6) is 11.5 Å². The summed E-state index contributed by atoms with van der Waals surface area (Å²) in [7, 11) is 0. The predicted molar refractivity (Wildman–Crippen MR) is 50.4 cm³/mol. The van der Waals surface area contributed by atoms with Gasteiger partial charge in [0.25, 0.3) is 5.91 Å². The molecule has 4 N–H and O–H groups in total. The Morgan fingerprint density at radius 3 is 2.36 bits per heavy atom. The summed E-state index contributed by atoms with van der Waals surface area (Å²) in [6, 6.07) is 3.06. The molecule has 5 heteroatoms. The minimum Gasteiger partial charge on any atom is -0.486 e. The van der Waals surface area contributed by atoms with Crippen LogP contribution >= 0.6 is 0 Å². The molecule has 0 saturated carbocycles. The first-order valence-corrected chi connectivity index (χ1v) is 4.17. The number of ether oxygens (including phenoxy) is 2. The molecule has 0 unspecified atom stereocenters. The molecule has 0 fully saturated rings. The van der Waals surface area contributed by atoms with E-state index in [1.807, 2.05) is 0 Å². The maximum Gasteiger partial charge on any atom is 0.250 e. The van der Waals surface area contributed by atoms with Crippen molar-refractivity contribution in [2.24, 2.45) is 5.73 Å². The van der Waals surface area contributed by atoms with Crippen LogP contribution in [0.2, 0.25) is 0 Å². The van der Waals surface area contributed by atoms with E-state index in [4.69, 9.17) is 20.9 Å². The summed E-state index contributed by atoms with van der Waals surface area (Å²) >= 11 is 0. The molecule has 1 aromatic rings. The fourth-order valence-electron chi connectivity index (χ4n) is 1.32. The van der Waals surface area contributed by atoms with Gasteiger partial charge in [-0.3, -0.25) is 4.79 Å². The number of rotatable bonds is 1. The van der Waals surface area contributed by atoms with Crippen LogP contribution in [0, 0.1) is 0 Å². The Morgan fingerprint density at radius 2 is 1.79 bits per heavy atom. The van der Waals surface area contributed by atoms with Crippen molar-refractivity contribution >= 4 is 11.6 Å². The molecule has 1 aliphatic heterocycles. The van der Waals surface area contributed by atoms with E-state index < -0.39 is 5.91 Å². The van der Waals surface area contributed by atoms with E-state index in [1.165, 1.54) is 6.07 Å². The molecule has 1 aliphatic rings. The normalized spacial score (nSPS) is 13.7. The van der Waals surface area contributed by atoms with Gasteiger partial charge in [0.15, 0.2) is 11.5 Å². The summed E-state index contributed by atoms with van der Waals surface area (Å²) in [5.41, 5.74) is 11.3. The third kappa shape index (κ3) is 1.32. The highest BCUT2D eigenvalue weighted by molar-refractivity contribution is 5.98. The van der Waals surface area contributed by atoms with Gasteiger partial charge >= 0.3 is 0 Å². The average Bonchev–Trinajstić information content (AvgIpc) is 2.16. The van der Waals surface area contributed by atoms with Gasteiger partial charge in [0, 0.05) is 11.8 Å². The number of hydrogen-bond donors (Lipinski definition) is 2. The van der Waals surface area contributed by atoms with E-state index in [0.717, 1.165) is 0 Å². The Labute approximate surface area is 80.6 Å². The van der Waals surface area contributed by atoms with Crippen LogP contribution in [0.1, 0.15) is 10.4 Å². The quantitative estimate of drug-likeness (QED) is 0.622. The maximum absolute atomic E-state index is 11.0. The number of fused-ring (bicyclic) bond motifs is 1.